The lowest BCUT2D eigenvalue weighted by molar-refractivity contribution is -0.116. The van der Waals surface area contributed by atoms with Crippen LogP contribution in [0.1, 0.15) is 15.9 Å². The zero-order chi connectivity index (χ0) is 20.3. The highest BCUT2D eigenvalue weighted by Crippen LogP contribution is 2.17. The summed E-state index contributed by atoms with van der Waals surface area (Å²) in [4.78, 5) is 40.7. The molecule has 3 N–H and O–H groups in total. The number of carbonyl (C=O) groups excluding carboxylic acids is 2. The largest absolute Gasteiger partial charge is 0.365 e. The summed E-state index contributed by atoms with van der Waals surface area (Å²) in [5.41, 5.74) is 5.40. The normalized spacial score (nSPS) is 10.5. The van der Waals surface area contributed by atoms with Crippen molar-refractivity contribution in [2.75, 3.05) is 5.32 Å². The first-order valence-corrected chi connectivity index (χ1v) is 8.38. The van der Waals surface area contributed by atoms with Crippen LogP contribution in [0, 0.1) is 12.7 Å². The number of nitrogens with one attached hydrogen (secondary N) is 1. The molecule has 7 nitrogen and oxygen atoms in total. The summed E-state index contributed by atoms with van der Waals surface area (Å²) in [5, 5.41) is 2.42. The van der Waals surface area contributed by atoms with Crippen LogP contribution >= 0.6 is 0 Å². The summed E-state index contributed by atoms with van der Waals surface area (Å²) in [6.07, 6.45) is 1.08. The van der Waals surface area contributed by atoms with Crippen LogP contribution in [0.3, 0.4) is 0 Å². The number of nitrogens with zero attached hydrogens (tertiary/aromatic N) is 2. The molecule has 0 unspecified atom stereocenters. The molecule has 0 aliphatic heterocycles. The van der Waals surface area contributed by atoms with Gasteiger partial charge in [-0.1, -0.05) is 36.4 Å². The van der Waals surface area contributed by atoms with Crippen LogP contribution < -0.4 is 16.6 Å². The summed E-state index contributed by atoms with van der Waals surface area (Å²) in [6.45, 7) is 1.26. The van der Waals surface area contributed by atoms with E-state index in [9.17, 15) is 18.8 Å². The molecular formula is C20H17FN4O3. The fourth-order valence-electron chi connectivity index (χ4n) is 2.68. The SMILES string of the molecule is Cc1ccc(NC(=O)Cn2c(-c3ccccc3)ncc(C(N)=O)c2=O)c(F)c1. The molecule has 2 aromatic carbocycles. The highest BCUT2D eigenvalue weighted by Gasteiger charge is 2.18. The minimum atomic E-state index is -0.948. The molecule has 3 rings (SSSR count). The van der Waals surface area contributed by atoms with E-state index in [4.69, 9.17) is 5.73 Å². The fourth-order valence-corrected chi connectivity index (χ4v) is 2.68. The number of nitrogens with two attached hydrogens (primary N) is 1. The Hall–Kier alpha value is -3.81. The van der Waals surface area contributed by atoms with Gasteiger partial charge in [-0.3, -0.25) is 19.0 Å². The molecule has 0 spiro atoms. The standard InChI is InChI=1S/C20H17FN4O3/c1-12-7-8-16(15(21)9-12)24-17(26)11-25-19(13-5-3-2-4-6-13)23-10-14(18(22)27)20(25)28/h2-10H,11H2,1H3,(H2,22,27)(H,24,26). The zero-order valence-electron chi connectivity index (χ0n) is 15.0. The lowest BCUT2D eigenvalue weighted by Crippen LogP contribution is -2.34. The van der Waals surface area contributed by atoms with Gasteiger partial charge in [-0.05, 0) is 24.6 Å². The van der Waals surface area contributed by atoms with Crippen molar-refractivity contribution < 1.29 is 14.0 Å². The first-order chi connectivity index (χ1) is 13.4. The van der Waals surface area contributed by atoms with E-state index < -0.39 is 29.7 Å². The van der Waals surface area contributed by atoms with Crippen LogP contribution in [-0.4, -0.2) is 21.4 Å². The molecule has 142 valence electrons. The molecule has 0 saturated carbocycles. The number of primary amides is 1. The van der Waals surface area contributed by atoms with Gasteiger partial charge in [0.1, 0.15) is 23.7 Å². The van der Waals surface area contributed by atoms with Gasteiger partial charge in [0.15, 0.2) is 0 Å². The van der Waals surface area contributed by atoms with Crippen LogP contribution in [-0.2, 0) is 11.3 Å². The van der Waals surface area contributed by atoms with Crippen molar-refractivity contribution in [1.82, 2.24) is 9.55 Å². The quantitative estimate of drug-likeness (QED) is 0.707. The molecule has 0 aliphatic carbocycles. The van der Waals surface area contributed by atoms with E-state index >= 15 is 0 Å². The molecule has 1 aromatic heterocycles. The van der Waals surface area contributed by atoms with Gasteiger partial charge >= 0.3 is 0 Å². The Morgan fingerprint density at radius 2 is 1.89 bits per heavy atom. The average molecular weight is 380 g/mol. The predicted octanol–water partition coefficient (Wildman–Crippen LogP) is 2.10. The molecule has 0 atom stereocenters. The third-order valence-corrected chi connectivity index (χ3v) is 4.05. The van der Waals surface area contributed by atoms with Gasteiger partial charge in [-0.2, -0.15) is 0 Å². The fraction of sp³-hybridized carbons (Fsp3) is 0.100. The predicted molar refractivity (Wildman–Crippen MR) is 102 cm³/mol. The van der Waals surface area contributed by atoms with E-state index in [1.807, 2.05) is 0 Å². The van der Waals surface area contributed by atoms with Crippen LogP contribution in [0.25, 0.3) is 11.4 Å². The van der Waals surface area contributed by atoms with Crippen molar-refractivity contribution in [3.63, 3.8) is 0 Å². The van der Waals surface area contributed by atoms with Crippen molar-refractivity contribution in [2.24, 2.45) is 5.73 Å². The second-order valence-corrected chi connectivity index (χ2v) is 6.15. The molecule has 1 heterocycles. The molecule has 28 heavy (non-hydrogen) atoms. The number of halogens is 1. The van der Waals surface area contributed by atoms with Gasteiger partial charge in [0.05, 0.1) is 5.69 Å². The minimum Gasteiger partial charge on any atom is -0.365 e. The van der Waals surface area contributed by atoms with E-state index in [0.717, 1.165) is 10.8 Å². The maximum atomic E-state index is 14.0. The molecule has 0 aliphatic rings. The first kappa shape index (κ1) is 19.0. The van der Waals surface area contributed by atoms with E-state index in [1.165, 1.54) is 12.1 Å². The first-order valence-electron chi connectivity index (χ1n) is 8.38. The number of hydrogen-bond donors (Lipinski definition) is 2. The van der Waals surface area contributed by atoms with Crippen LogP contribution in [0.5, 0.6) is 0 Å². The van der Waals surface area contributed by atoms with Crippen molar-refractivity contribution in [2.45, 2.75) is 13.5 Å². The summed E-state index contributed by atoms with van der Waals surface area (Å²) in [5.74, 6) is -2.00. The number of aryl methyl sites for hydroxylation is 1. The Morgan fingerprint density at radius 1 is 1.18 bits per heavy atom. The highest BCUT2D eigenvalue weighted by atomic mass is 19.1. The van der Waals surface area contributed by atoms with E-state index in [2.05, 4.69) is 10.3 Å². The Balaban J connectivity index is 1.99. The molecule has 2 amide bonds. The third-order valence-electron chi connectivity index (χ3n) is 4.05. The van der Waals surface area contributed by atoms with Crippen molar-refractivity contribution in [3.8, 4) is 11.4 Å². The van der Waals surface area contributed by atoms with E-state index in [-0.39, 0.29) is 17.1 Å². The number of hydrogen-bond acceptors (Lipinski definition) is 4. The smallest absolute Gasteiger partial charge is 0.267 e. The number of aromatic nitrogens is 2. The molecule has 3 aromatic rings. The number of rotatable bonds is 5. The highest BCUT2D eigenvalue weighted by molar-refractivity contribution is 5.93. The number of anilines is 1. The number of amides is 2. The zero-order valence-corrected chi connectivity index (χ0v) is 15.0. The van der Waals surface area contributed by atoms with Gasteiger partial charge in [0, 0.05) is 11.8 Å². The lowest BCUT2D eigenvalue weighted by Gasteiger charge is -2.13. The maximum absolute atomic E-state index is 14.0. The van der Waals surface area contributed by atoms with Crippen LogP contribution in [0.4, 0.5) is 10.1 Å². The van der Waals surface area contributed by atoms with Crippen molar-refractivity contribution >= 4 is 17.5 Å². The van der Waals surface area contributed by atoms with Gasteiger partial charge < -0.3 is 11.1 Å². The topological polar surface area (TPSA) is 107 Å². The Kier molecular flexibility index (Phi) is 5.30. The minimum absolute atomic E-state index is 0.0103. The van der Waals surface area contributed by atoms with Gasteiger partial charge in [0.25, 0.3) is 11.5 Å². The number of carbonyl (C=O) groups is 2. The van der Waals surface area contributed by atoms with E-state index in [1.54, 1.807) is 43.3 Å². The molecule has 0 saturated heterocycles. The molecular weight excluding hydrogens is 363 g/mol. The average Bonchev–Trinajstić information content (AvgIpc) is 2.66. The molecule has 0 fully saturated rings. The molecule has 8 heteroatoms. The molecule has 0 bridgehead atoms. The summed E-state index contributed by atoms with van der Waals surface area (Å²) < 4.78 is 15.0. The maximum Gasteiger partial charge on any atom is 0.267 e. The van der Waals surface area contributed by atoms with Crippen LogP contribution in [0.2, 0.25) is 0 Å². The number of benzene rings is 2. The Morgan fingerprint density at radius 3 is 2.54 bits per heavy atom. The molecule has 0 radical (unpaired) electrons. The van der Waals surface area contributed by atoms with Gasteiger partial charge in [-0.25, -0.2) is 9.37 Å². The lowest BCUT2D eigenvalue weighted by atomic mass is 10.2. The third kappa shape index (κ3) is 3.96. The second kappa shape index (κ2) is 7.83. The second-order valence-electron chi connectivity index (χ2n) is 6.15. The summed E-state index contributed by atoms with van der Waals surface area (Å²) in [6, 6.07) is 13.1. The van der Waals surface area contributed by atoms with Crippen molar-refractivity contribution in [1.29, 1.82) is 0 Å². The summed E-state index contributed by atoms with van der Waals surface area (Å²) in [7, 11) is 0. The Bertz CT molecular complexity index is 1110. The summed E-state index contributed by atoms with van der Waals surface area (Å²) >= 11 is 0. The Labute approximate surface area is 159 Å². The van der Waals surface area contributed by atoms with Crippen molar-refractivity contribution in [3.05, 3.63) is 82.0 Å². The van der Waals surface area contributed by atoms with Gasteiger partial charge in [0.2, 0.25) is 5.91 Å². The monoisotopic (exact) mass is 380 g/mol. The van der Waals surface area contributed by atoms with E-state index in [0.29, 0.717) is 11.1 Å². The van der Waals surface area contributed by atoms with Gasteiger partial charge in [-0.15, -0.1) is 0 Å². The van der Waals surface area contributed by atoms with Crippen LogP contribution in [0.15, 0.2) is 59.5 Å².